The van der Waals surface area contributed by atoms with Crippen molar-refractivity contribution in [3.63, 3.8) is 0 Å². The third-order valence-electron chi connectivity index (χ3n) is 7.38. The van der Waals surface area contributed by atoms with Crippen LogP contribution in [0, 0.1) is 6.92 Å². The van der Waals surface area contributed by atoms with Gasteiger partial charge in [-0.2, -0.15) is 0 Å². The molecule has 0 radical (unpaired) electrons. The highest BCUT2D eigenvalue weighted by Gasteiger charge is 2.40. The van der Waals surface area contributed by atoms with Crippen LogP contribution in [0.3, 0.4) is 0 Å². The molecule has 4 rings (SSSR count). The summed E-state index contributed by atoms with van der Waals surface area (Å²) < 4.78 is 31.5. The van der Waals surface area contributed by atoms with Crippen LogP contribution in [0.5, 0.6) is 5.75 Å². The van der Waals surface area contributed by atoms with E-state index in [-0.39, 0.29) is 18.4 Å². The molecule has 0 spiro atoms. The van der Waals surface area contributed by atoms with E-state index in [1.807, 2.05) is 31.2 Å². The van der Waals surface area contributed by atoms with Crippen LogP contribution >= 0.6 is 0 Å². The van der Waals surface area contributed by atoms with Gasteiger partial charge in [0.2, 0.25) is 0 Å². The van der Waals surface area contributed by atoms with E-state index in [0.29, 0.717) is 22.8 Å². The van der Waals surface area contributed by atoms with Crippen molar-refractivity contribution < 1.29 is 53.1 Å². The summed E-state index contributed by atoms with van der Waals surface area (Å²) in [6.07, 6.45) is -0.0842. The minimum Gasteiger partial charge on any atom is -0.489 e. The maximum atomic E-state index is 12.7. The van der Waals surface area contributed by atoms with Crippen LogP contribution in [0.4, 0.5) is 0 Å². The standard InChI is InChI=1S/C27H31NO4S.C6H8O7/c1-21-14-24(20-33(30,31)27-7-3-2-4-8-27)16-26(15-21)32-19-23-11-9-22(10-12-23)17-28-13-5-6-25(28)18-29;7-3(8)1-6(13,5(11)12)2-4(9)10/h2-4,7-12,14-16,25,29H,5-6,13,17-20H2,1H3;13H,1-2H2,(H,7,8)(H,9,10)(H,11,12)/t25-;/m0./s1. The van der Waals surface area contributed by atoms with E-state index in [9.17, 15) is 27.9 Å². The van der Waals surface area contributed by atoms with Gasteiger partial charge in [-0.05, 0) is 72.8 Å². The van der Waals surface area contributed by atoms with Crippen LogP contribution < -0.4 is 4.74 Å². The summed E-state index contributed by atoms with van der Waals surface area (Å²) in [7, 11) is -3.41. The van der Waals surface area contributed by atoms with Gasteiger partial charge in [0.25, 0.3) is 0 Å². The molecule has 1 saturated heterocycles. The smallest absolute Gasteiger partial charge is 0.336 e. The number of aliphatic hydroxyl groups is 2. The number of carbonyl (C=O) groups is 3. The van der Waals surface area contributed by atoms with Crippen LogP contribution in [0.2, 0.25) is 0 Å². The van der Waals surface area contributed by atoms with E-state index in [4.69, 9.17) is 25.2 Å². The number of aliphatic hydroxyl groups excluding tert-OH is 1. The van der Waals surface area contributed by atoms with Crippen LogP contribution in [-0.2, 0) is 43.1 Å². The maximum absolute atomic E-state index is 12.7. The number of likely N-dealkylation sites (tertiary alicyclic amines) is 1. The lowest BCUT2D eigenvalue weighted by Gasteiger charge is -2.22. The molecule has 0 aliphatic carbocycles. The number of sulfone groups is 1. The molecule has 3 aromatic rings. The molecule has 1 heterocycles. The SMILES string of the molecule is Cc1cc(CS(=O)(=O)c2ccccc2)cc(OCc2ccc(CN3CCC[C@H]3CO)cc2)c1.O=C(O)CC(O)(CC(=O)O)C(=O)O. The zero-order chi connectivity index (χ0) is 33.9. The van der Waals surface area contributed by atoms with E-state index in [0.717, 1.165) is 37.1 Å². The highest BCUT2D eigenvalue weighted by Crippen LogP contribution is 2.24. The average molecular weight is 658 g/mol. The number of carboxylic acid groups (broad SMARTS) is 3. The molecule has 0 bridgehead atoms. The summed E-state index contributed by atoms with van der Waals surface area (Å²) in [5, 5.41) is 43.3. The maximum Gasteiger partial charge on any atom is 0.336 e. The number of ether oxygens (including phenoxy) is 1. The Balaban J connectivity index is 0.000000376. The third kappa shape index (κ3) is 10.9. The van der Waals surface area contributed by atoms with Crippen molar-refractivity contribution in [3.05, 3.63) is 95.1 Å². The average Bonchev–Trinajstić information content (AvgIpc) is 3.43. The zero-order valence-corrected chi connectivity index (χ0v) is 26.2. The molecule has 248 valence electrons. The Labute approximate surface area is 267 Å². The summed E-state index contributed by atoms with van der Waals surface area (Å²) in [5.74, 6) is -4.41. The van der Waals surface area contributed by atoms with Crippen LogP contribution in [-0.4, -0.2) is 81.6 Å². The van der Waals surface area contributed by atoms with Gasteiger partial charge in [-0.25, -0.2) is 13.2 Å². The first-order valence-corrected chi connectivity index (χ1v) is 16.2. The minimum absolute atomic E-state index is 0.0604. The fourth-order valence-electron chi connectivity index (χ4n) is 5.09. The van der Waals surface area contributed by atoms with Gasteiger partial charge in [-0.1, -0.05) is 48.5 Å². The largest absolute Gasteiger partial charge is 0.489 e. The second kappa shape index (κ2) is 16.3. The summed E-state index contributed by atoms with van der Waals surface area (Å²) in [5.41, 5.74) is 1.22. The van der Waals surface area contributed by atoms with Crippen molar-refractivity contribution in [3.8, 4) is 5.75 Å². The van der Waals surface area contributed by atoms with Gasteiger partial charge in [0, 0.05) is 12.6 Å². The monoisotopic (exact) mass is 657 g/mol. The number of nitrogens with zero attached hydrogens (tertiary/aromatic N) is 1. The van der Waals surface area contributed by atoms with Gasteiger partial charge in [0.05, 0.1) is 30.1 Å². The molecule has 0 amide bonds. The van der Waals surface area contributed by atoms with Crippen molar-refractivity contribution in [1.82, 2.24) is 4.90 Å². The lowest BCUT2D eigenvalue weighted by molar-refractivity contribution is -0.170. The highest BCUT2D eigenvalue weighted by atomic mass is 32.2. The molecule has 5 N–H and O–H groups in total. The first-order valence-electron chi connectivity index (χ1n) is 14.5. The molecule has 1 fully saturated rings. The van der Waals surface area contributed by atoms with Crippen LogP contribution in [0.1, 0.15) is 47.9 Å². The second-order valence-electron chi connectivity index (χ2n) is 11.3. The van der Waals surface area contributed by atoms with Crippen LogP contribution in [0.25, 0.3) is 0 Å². The van der Waals surface area contributed by atoms with Gasteiger partial charge in [-0.3, -0.25) is 14.5 Å². The highest BCUT2D eigenvalue weighted by molar-refractivity contribution is 7.90. The number of benzene rings is 3. The Morgan fingerprint density at radius 2 is 1.50 bits per heavy atom. The van der Waals surface area contributed by atoms with Gasteiger partial charge < -0.3 is 30.3 Å². The van der Waals surface area contributed by atoms with Gasteiger partial charge in [-0.15, -0.1) is 0 Å². The van der Waals surface area contributed by atoms with Gasteiger partial charge in [0.1, 0.15) is 12.4 Å². The Morgan fingerprint density at radius 3 is 2.07 bits per heavy atom. The molecule has 0 aromatic heterocycles. The number of rotatable bonds is 14. The van der Waals surface area contributed by atoms with E-state index in [1.165, 1.54) is 5.56 Å². The summed E-state index contributed by atoms with van der Waals surface area (Å²) in [6, 6.07) is 22.8. The van der Waals surface area contributed by atoms with Crippen LogP contribution in [0.15, 0.2) is 77.7 Å². The van der Waals surface area contributed by atoms with Crippen molar-refractivity contribution in [1.29, 1.82) is 0 Å². The molecule has 0 unspecified atom stereocenters. The molecule has 0 saturated carbocycles. The molecule has 13 heteroatoms. The van der Waals surface area contributed by atoms with Crippen molar-refractivity contribution in [2.75, 3.05) is 13.2 Å². The lowest BCUT2D eigenvalue weighted by Crippen LogP contribution is -2.42. The molecule has 1 atom stereocenters. The zero-order valence-electron chi connectivity index (χ0n) is 25.4. The predicted molar refractivity (Wildman–Crippen MR) is 167 cm³/mol. The predicted octanol–water partition coefficient (Wildman–Crippen LogP) is 3.26. The molecule has 1 aliphatic rings. The summed E-state index contributed by atoms with van der Waals surface area (Å²) >= 11 is 0. The van der Waals surface area contributed by atoms with E-state index in [2.05, 4.69) is 29.2 Å². The van der Waals surface area contributed by atoms with Crippen molar-refractivity contribution in [2.45, 2.75) is 68.0 Å². The number of hydrogen-bond donors (Lipinski definition) is 5. The topological polar surface area (TPSA) is 199 Å². The quantitative estimate of drug-likeness (QED) is 0.170. The molecular formula is C33H39NO11S. The minimum atomic E-state index is -3.41. The fourth-order valence-corrected chi connectivity index (χ4v) is 6.43. The summed E-state index contributed by atoms with van der Waals surface area (Å²) in [6.45, 7) is 4.46. The van der Waals surface area contributed by atoms with E-state index >= 15 is 0 Å². The molecule has 46 heavy (non-hydrogen) atoms. The Kier molecular flexibility index (Phi) is 12.8. The molecule has 3 aromatic carbocycles. The number of carboxylic acids is 3. The lowest BCUT2D eigenvalue weighted by atomic mass is 9.96. The molecule has 1 aliphatic heterocycles. The Bertz CT molecular complexity index is 1580. The van der Waals surface area contributed by atoms with Crippen molar-refractivity contribution >= 4 is 27.7 Å². The summed E-state index contributed by atoms with van der Waals surface area (Å²) in [4.78, 5) is 33.1. The molecule has 12 nitrogen and oxygen atoms in total. The van der Waals surface area contributed by atoms with Crippen molar-refractivity contribution in [2.24, 2.45) is 0 Å². The normalized spacial score (nSPS) is 15.1. The Morgan fingerprint density at radius 1 is 0.891 bits per heavy atom. The number of aryl methyl sites for hydroxylation is 1. The second-order valence-corrected chi connectivity index (χ2v) is 13.2. The third-order valence-corrected chi connectivity index (χ3v) is 9.08. The number of aliphatic carboxylic acids is 3. The van der Waals surface area contributed by atoms with Gasteiger partial charge in [0.15, 0.2) is 15.4 Å². The number of hydrogen-bond acceptors (Lipinski definition) is 9. The fraction of sp³-hybridized carbons (Fsp3) is 0.364. The molecular weight excluding hydrogens is 618 g/mol. The van der Waals surface area contributed by atoms with Gasteiger partial charge >= 0.3 is 17.9 Å². The first kappa shape index (κ1) is 36.2. The van der Waals surface area contributed by atoms with E-state index in [1.54, 1.807) is 24.3 Å². The Hall–Kier alpha value is -4.30. The van der Waals surface area contributed by atoms with E-state index < -0.39 is 46.2 Å². The first-order chi connectivity index (χ1) is 21.7.